The predicted molar refractivity (Wildman–Crippen MR) is 127 cm³/mol. The number of carbonyl (C=O) groups excluding carboxylic acids is 2. The van der Waals surface area contributed by atoms with Gasteiger partial charge < -0.3 is 16.4 Å². The zero-order chi connectivity index (χ0) is 23.5. The first-order valence-electron chi connectivity index (χ1n) is 9.55. The summed E-state index contributed by atoms with van der Waals surface area (Å²) in [5.41, 5.74) is 6.43. The minimum absolute atomic E-state index is 0.0573. The summed E-state index contributed by atoms with van der Waals surface area (Å²) in [5.74, 6) is -2.22. The second-order valence-corrected chi connectivity index (χ2v) is 8.89. The molecule has 0 spiro atoms. The third-order valence-electron chi connectivity index (χ3n) is 4.41. The second-order valence-electron chi connectivity index (χ2n) is 6.89. The number of aromatic nitrogens is 3. The summed E-state index contributed by atoms with van der Waals surface area (Å²) in [4.78, 5) is 47.7. The Labute approximate surface area is 194 Å². The van der Waals surface area contributed by atoms with Crippen molar-refractivity contribution in [2.45, 2.75) is 12.1 Å². The molecule has 0 saturated carbocycles. The predicted octanol–water partition coefficient (Wildman–Crippen LogP) is 3.39. The van der Waals surface area contributed by atoms with Crippen LogP contribution < -0.4 is 21.9 Å². The van der Waals surface area contributed by atoms with E-state index >= 15 is 0 Å². The van der Waals surface area contributed by atoms with E-state index in [2.05, 4.69) is 25.6 Å². The number of carbonyl (C=O) groups is 2. The highest BCUT2D eigenvalue weighted by molar-refractivity contribution is 7.99. The number of H-pyrrole nitrogens is 1. The number of nitrogens with two attached hydrogens (primary N) is 1. The summed E-state index contributed by atoms with van der Waals surface area (Å²) in [6, 6.07) is 11.1. The number of thiazole rings is 1. The minimum Gasteiger partial charge on any atom is -0.382 e. The Morgan fingerprint density at radius 3 is 2.73 bits per heavy atom. The maximum Gasteiger partial charge on any atom is 0.277 e. The number of halogens is 1. The number of hydrogen-bond donors (Lipinski definition) is 4. The lowest BCUT2D eigenvalue weighted by Gasteiger charge is -2.09. The molecule has 0 radical (unpaired) electrons. The van der Waals surface area contributed by atoms with E-state index in [9.17, 15) is 18.8 Å². The first-order valence-corrected chi connectivity index (χ1v) is 11.4. The molecule has 2 aromatic heterocycles. The highest BCUT2D eigenvalue weighted by atomic mass is 32.2. The van der Waals surface area contributed by atoms with Gasteiger partial charge in [0.15, 0.2) is 16.1 Å². The van der Waals surface area contributed by atoms with Crippen LogP contribution in [0.3, 0.4) is 0 Å². The van der Waals surface area contributed by atoms with E-state index < -0.39 is 17.3 Å². The average Bonchev–Trinajstić information content (AvgIpc) is 3.16. The largest absolute Gasteiger partial charge is 0.382 e. The number of nitrogens with zero attached hydrogens (tertiary/aromatic N) is 2. The summed E-state index contributed by atoms with van der Waals surface area (Å²) < 4.78 is 14.7. The molecular formula is C21H17FN6O3S2. The van der Waals surface area contributed by atoms with Gasteiger partial charge >= 0.3 is 0 Å². The van der Waals surface area contributed by atoms with Crippen LogP contribution in [0.4, 0.5) is 21.0 Å². The second kappa shape index (κ2) is 9.38. The monoisotopic (exact) mass is 484 g/mol. The minimum atomic E-state index is -0.835. The molecule has 2 aromatic carbocycles. The molecule has 0 aliphatic heterocycles. The van der Waals surface area contributed by atoms with Crippen LogP contribution in [-0.2, 0) is 4.79 Å². The summed E-state index contributed by atoms with van der Waals surface area (Å²) in [7, 11) is 0. The maximum absolute atomic E-state index is 13.8. The van der Waals surface area contributed by atoms with E-state index in [1.54, 1.807) is 0 Å². The van der Waals surface area contributed by atoms with E-state index in [0.29, 0.717) is 5.13 Å². The number of anilines is 3. The van der Waals surface area contributed by atoms with Gasteiger partial charge in [-0.2, -0.15) is 0 Å². The molecular weight excluding hydrogens is 467 g/mol. The van der Waals surface area contributed by atoms with Crippen molar-refractivity contribution in [1.82, 2.24) is 15.0 Å². The molecule has 2 amide bonds. The number of benzene rings is 2. The van der Waals surface area contributed by atoms with Crippen LogP contribution in [0.25, 0.3) is 10.2 Å². The lowest BCUT2D eigenvalue weighted by atomic mass is 10.2. The summed E-state index contributed by atoms with van der Waals surface area (Å²) >= 11 is 2.32. The van der Waals surface area contributed by atoms with E-state index in [1.807, 2.05) is 25.1 Å². The van der Waals surface area contributed by atoms with Crippen LogP contribution >= 0.6 is 23.1 Å². The first-order chi connectivity index (χ1) is 15.8. The fourth-order valence-corrected chi connectivity index (χ4v) is 4.51. The van der Waals surface area contributed by atoms with Crippen molar-refractivity contribution in [2.75, 3.05) is 22.1 Å². The number of aromatic amines is 1. The number of nitrogen functional groups attached to an aromatic ring is 1. The van der Waals surface area contributed by atoms with Crippen molar-refractivity contribution >= 4 is 61.8 Å². The Morgan fingerprint density at radius 2 is 1.97 bits per heavy atom. The topological polar surface area (TPSA) is 143 Å². The van der Waals surface area contributed by atoms with Gasteiger partial charge in [-0.1, -0.05) is 41.3 Å². The van der Waals surface area contributed by atoms with Crippen LogP contribution in [0.1, 0.15) is 15.9 Å². The number of rotatable bonds is 6. The van der Waals surface area contributed by atoms with Crippen LogP contribution in [0.2, 0.25) is 0 Å². The average molecular weight is 485 g/mol. The van der Waals surface area contributed by atoms with Crippen molar-refractivity contribution in [3.8, 4) is 0 Å². The van der Waals surface area contributed by atoms with Gasteiger partial charge in [-0.05, 0) is 36.8 Å². The number of thioether (sulfide) groups is 1. The molecule has 2 heterocycles. The molecule has 12 heteroatoms. The molecule has 4 aromatic rings. The highest BCUT2D eigenvalue weighted by Gasteiger charge is 2.17. The van der Waals surface area contributed by atoms with Gasteiger partial charge in [-0.25, -0.2) is 14.4 Å². The molecule has 168 valence electrons. The Bertz CT molecular complexity index is 1440. The Kier molecular flexibility index (Phi) is 6.38. The fourth-order valence-electron chi connectivity index (χ4n) is 2.86. The Hall–Kier alpha value is -3.77. The molecule has 9 nitrogen and oxygen atoms in total. The fraction of sp³-hybridized carbons (Fsp3) is 0.0952. The van der Waals surface area contributed by atoms with E-state index in [0.717, 1.165) is 33.6 Å². The SMILES string of the molecule is Cc1ccc2nc(NC(=O)CSc3nc(N)c(NC(=O)c4ccccc4F)c(=O)[nH]3)sc2c1. The molecule has 0 bridgehead atoms. The van der Waals surface area contributed by atoms with Crippen LogP contribution in [0.5, 0.6) is 0 Å². The lowest BCUT2D eigenvalue weighted by molar-refractivity contribution is -0.113. The number of fused-ring (bicyclic) bond motifs is 1. The van der Waals surface area contributed by atoms with Gasteiger partial charge in [0.1, 0.15) is 11.5 Å². The van der Waals surface area contributed by atoms with Crippen molar-refractivity contribution in [1.29, 1.82) is 0 Å². The van der Waals surface area contributed by atoms with Crippen LogP contribution in [0, 0.1) is 12.7 Å². The van der Waals surface area contributed by atoms with Crippen LogP contribution in [-0.4, -0.2) is 32.5 Å². The van der Waals surface area contributed by atoms with E-state index in [4.69, 9.17) is 5.73 Å². The quantitative estimate of drug-likeness (QED) is 0.243. The van der Waals surface area contributed by atoms with Gasteiger partial charge in [0.2, 0.25) is 5.91 Å². The Balaban J connectivity index is 1.40. The van der Waals surface area contributed by atoms with Crippen molar-refractivity contribution in [3.63, 3.8) is 0 Å². The molecule has 5 N–H and O–H groups in total. The number of nitrogens with one attached hydrogen (secondary N) is 3. The highest BCUT2D eigenvalue weighted by Crippen LogP contribution is 2.27. The molecule has 4 rings (SSSR count). The molecule has 0 aliphatic rings. The summed E-state index contributed by atoms with van der Waals surface area (Å²) in [5, 5.41) is 5.55. The molecule has 33 heavy (non-hydrogen) atoms. The number of hydrogen-bond acceptors (Lipinski definition) is 8. The third kappa shape index (κ3) is 5.18. The van der Waals surface area contributed by atoms with Gasteiger partial charge in [0.05, 0.1) is 21.5 Å². The van der Waals surface area contributed by atoms with Crippen molar-refractivity contribution in [3.05, 3.63) is 69.8 Å². The van der Waals surface area contributed by atoms with Crippen molar-refractivity contribution < 1.29 is 14.0 Å². The smallest absolute Gasteiger partial charge is 0.277 e. The molecule has 0 atom stereocenters. The van der Waals surface area contributed by atoms with Crippen molar-refractivity contribution in [2.24, 2.45) is 0 Å². The summed E-state index contributed by atoms with van der Waals surface area (Å²) in [6.45, 7) is 1.98. The lowest BCUT2D eigenvalue weighted by Crippen LogP contribution is -2.24. The molecule has 0 unspecified atom stereocenters. The van der Waals surface area contributed by atoms with E-state index in [1.165, 1.54) is 29.5 Å². The number of aryl methyl sites for hydroxylation is 1. The van der Waals surface area contributed by atoms with Gasteiger partial charge in [0.25, 0.3) is 11.5 Å². The maximum atomic E-state index is 13.8. The van der Waals surface area contributed by atoms with Gasteiger partial charge in [0, 0.05) is 0 Å². The normalized spacial score (nSPS) is 10.8. The van der Waals surface area contributed by atoms with Gasteiger partial charge in [-0.3, -0.25) is 19.4 Å². The van der Waals surface area contributed by atoms with Gasteiger partial charge in [-0.15, -0.1) is 0 Å². The zero-order valence-corrected chi connectivity index (χ0v) is 18.8. The standard InChI is InChI=1S/C21H17FN6O3S2/c1-10-6-7-13-14(8-10)33-21(24-13)25-15(29)9-32-20-27-17(23)16(19(31)28-20)26-18(30)11-4-2-3-5-12(11)22/h2-8H,9H2,1H3,(H,26,30)(H,24,25,29)(H3,23,27,28,31). The molecule has 0 aliphatic carbocycles. The van der Waals surface area contributed by atoms with E-state index in [-0.39, 0.29) is 33.9 Å². The first kappa shape index (κ1) is 22.4. The molecule has 0 saturated heterocycles. The molecule has 0 fully saturated rings. The number of amides is 2. The van der Waals surface area contributed by atoms with Crippen LogP contribution in [0.15, 0.2) is 52.4 Å². The summed E-state index contributed by atoms with van der Waals surface area (Å²) in [6.07, 6.45) is 0. The zero-order valence-electron chi connectivity index (χ0n) is 17.1. The third-order valence-corrected chi connectivity index (χ3v) is 6.22. The Morgan fingerprint density at radius 1 is 1.18 bits per heavy atom.